The van der Waals surface area contributed by atoms with Crippen LogP contribution >= 0.6 is 0 Å². The van der Waals surface area contributed by atoms with Gasteiger partial charge >= 0.3 is 0 Å². The lowest BCUT2D eigenvalue weighted by Crippen LogP contribution is -2.05. The zero-order valence-corrected chi connectivity index (χ0v) is 14.3. The Labute approximate surface area is 150 Å². The normalized spacial score (nSPS) is 12.2. The van der Waals surface area contributed by atoms with Gasteiger partial charge in [0, 0.05) is 0 Å². The van der Waals surface area contributed by atoms with Crippen molar-refractivity contribution in [1.82, 2.24) is 19.5 Å². The second kappa shape index (κ2) is 6.93. The van der Waals surface area contributed by atoms with E-state index in [9.17, 15) is 5.11 Å². The summed E-state index contributed by atoms with van der Waals surface area (Å²) in [4.78, 5) is 13.1. The van der Waals surface area contributed by atoms with Gasteiger partial charge < -0.3 is 14.4 Å². The molecular formula is C20H18N4O2. The molecule has 6 nitrogen and oxygen atoms in total. The molecule has 2 aromatic carbocycles. The molecule has 2 aromatic heterocycles. The largest absolute Gasteiger partial charge is 0.497 e. The van der Waals surface area contributed by atoms with Crippen LogP contribution in [0.3, 0.4) is 0 Å². The Hall–Kier alpha value is -3.25. The van der Waals surface area contributed by atoms with Crippen LogP contribution in [0.4, 0.5) is 0 Å². The molecule has 26 heavy (non-hydrogen) atoms. The van der Waals surface area contributed by atoms with Crippen molar-refractivity contribution in [1.29, 1.82) is 0 Å². The van der Waals surface area contributed by atoms with Crippen LogP contribution in [0, 0.1) is 0 Å². The summed E-state index contributed by atoms with van der Waals surface area (Å²) in [5, 5.41) is 10.8. The summed E-state index contributed by atoms with van der Waals surface area (Å²) in [5.41, 5.74) is 3.68. The number of hydrogen-bond acceptors (Lipinski definition) is 5. The van der Waals surface area contributed by atoms with E-state index in [1.54, 1.807) is 13.4 Å². The lowest BCUT2D eigenvalue weighted by molar-refractivity contribution is 0.216. The highest BCUT2D eigenvalue weighted by atomic mass is 16.5. The maximum atomic E-state index is 10.8. The Morgan fingerprint density at radius 3 is 2.50 bits per heavy atom. The van der Waals surface area contributed by atoms with Gasteiger partial charge in [-0.25, -0.2) is 15.0 Å². The van der Waals surface area contributed by atoms with Gasteiger partial charge in [0.05, 0.1) is 20.0 Å². The highest BCUT2D eigenvalue weighted by Crippen LogP contribution is 2.26. The third-order valence-corrected chi connectivity index (χ3v) is 4.32. The quantitative estimate of drug-likeness (QED) is 0.601. The SMILES string of the molecule is COc1ccc(C(O)c2ncnc3c2ncn3Cc2ccccc2)cc1. The number of aliphatic hydroxyl groups is 1. The number of fused-ring (bicyclic) bond motifs is 1. The first kappa shape index (κ1) is 16.2. The fourth-order valence-corrected chi connectivity index (χ4v) is 2.94. The zero-order valence-electron chi connectivity index (χ0n) is 14.3. The van der Waals surface area contributed by atoms with Crippen molar-refractivity contribution in [3.63, 3.8) is 0 Å². The van der Waals surface area contributed by atoms with Crippen LogP contribution in [0.15, 0.2) is 67.3 Å². The molecule has 0 aliphatic rings. The summed E-state index contributed by atoms with van der Waals surface area (Å²) in [6.45, 7) is 0.659. The Balaban J connectivity index is 1.69. The number of hydrogen-bond donors (Lipinski definition) is 1. The van der Waals surface area contributed by atoms with Crippen molar-refractivity contribution in [2.75, 3.05) is 7.11 Å². The molecule has 1 atom stereocenters. The Morgan fingerprint density at radius 1 is 1.00 bits per heavy atom. The Morgan fingerprint density at radius 2 is 1.77 bits per heavy atom. The Bertz CT molecular complexity index is 1010. The van der Waals surface area contributed by atoms with E-state index in [1.165, 1.54) is 6.33 Å². The maximum Gasteiger partial charge on any atom is 0.163 e. The van der Waals surface area contributed by atoms with E-state index in [4.69, 9.17) is 4.74 Å². The summed E-state index contributed by atoms with van der Waals surface area (Å²) in [6.07, 6.45) is 2.32. The summed E-state index contributed by atoms with van der Waals surface area (Å²) in [6, 6.07) is 17.4. The highest BCUT2D eigenvalue weighted by Gasteiger charge is 2.19. The van der Waals surface area contributed by atoms with E-state index in [-0.39, 0.29) is 0 Å². The topological polar surface area (TPSA) is 73.1 Å². The number of ether oxygens (including phenoxy) is 1. The van der Waals surface area contributed by atoms with E-state index in [2.05, 4.69) is 27.1 Å². The lowest BCUT2D eigenvalue weighted by Gasteiger charge is -2.11. The number of aromatic nitrogens is 4. The van der Waals surface area contributed by atoms with E-state index >= 15 is 0 Å². The van der Waals surface area contributed by atoms with Gasteiger partial charge in [-0.2, -0.15) is 0 Å². The predicted molar refractivity (Wildman–Crippen MR) is 97.9 cm³/mol. The van der Waals surface area contributed by atoms with Gasteiger partial charge in [-0.05, 0) is 23.3 Å². The third kappa shape index (κ3) is 3.02. The maximum absolute atomic E-state index is 10.8. The molecule has 4 aromatic rings. The van der Waals surface area contributed by atoms with Crippen LogP contribution in [-0.4, -0.2) is 31.7 Å². The van der Waals surface area contributed by atoms with E-state index in [0.717, 1.165) is 16.9 Å². The molecule has 1 unspecified atom stereocenters. The molecule has 6 heteroatoms. The first-order chi connectivity index (χ1) is 12.8. The molecule has 2 heterocycles. The molecule has 0 spiro atoms. The minimum atomic E-state index is -0.883. The van der Waals surface area contributed by atoms with Crippen LogP contribution in [0.2, 0.25) is 0 Å². The molecule has 1 N–H and O–H groups in total. The summed E-state index contributed by atoms with van der Waals surface area (Å²) < 4.78 is 7.12. The van der Waals surface area contributed by atoms with Crippen LogP contribution in [0.5, 0.6) is 5.75 Å². The van der Waals surface area contributed by atoms with Gasteiger partial charge in [-0.3, -0.25) is 0 Å². The molecule has 130 valence electrons. The van der Waals surface area contributed by atoms with E-state index in [1.807, 2.05) is 47.0 Å². The van der Waals surface area contributed by atoms with Gasteiger partial charge in [-0.1, -0.05) is 42.5 Å². The molecule has 0 saturated carbocycles. The second-order valence-corrected chi connectivity index (χ2v) is 5.96. The molecule has 0 saturated heterocycles. The number of imidazole rings is 1. The van der Waals surface area contributed by atoms with Crippen molar-refractivity contribution in [2.24, 2.45) is 0 Å². The first-order valence-electron chi connectivity index (χ1n) is 8.28. The average Bonchev–Trinajstić information content (AvgIpc) is 3.11. The predicted octanol–water partition coefficient (Wildman–Crippen LogP) is 2.96. The second-order valence-electron chi connectivity index (χ2n) is 5.96. The van der Waals surface area contributed by atoms with Gasteiger partial charge in [0.1, 0.15) is 29.4 Å². The van der Waals surface area contributed by atoms with Gasteiger partial charge in [0.15, 0.2) is 5.65 Å². The summed E-state index contributed by atoms with van der Waals surface area (Å²) >= 11 is 0. The van der Waals surface area contributed by atoms with Crippen molar-refractivity contribution in [2.45, 2.75) is 12.6 Å². The van der Waals surface area contributed by atoms with Crippen LogP contribution < -0.4 is 4.74 Å². The van der Waals surface area contributed by atoms with Gasteiger partial charge in [0.25, 0.3) is 0 Å². The third-order valence-electron chi connectivity index (χ3n) is 4.32. The molecular weight excluding hydrogens is 328 g/mol. The number of benzene rings is 2. The van der Waals surface area contributed by atoms with Crippen molar-refractivity contribution >= 4 is 11.2 Å². The number of methoxy groups -OCH3 is 1. The standard InChI is InChI=1S/C20H18N4O2/c1-26-16-9-7-15(8-10-16)19(25)17-18-20(22-12-21-17)24(13-23-18)11-14-5-3-2-4-6-14/h2-10,12-13,19,25H,11H2,1H3. The number of aliphatic hydroxyl groups excluding tert-OH is 1. The smallest absolute Gasteiger partial charge is 0.163 e. The number of rotatable bonds is 5. The van der Waals surface area contributed by atoms with Crippen molar-refractivity contribution in [3.05, 3.63) is 84.1 Å². The minimum absolute atomic E-state index is 0.493. The summed E-state index contributed by atoms with van der Waals surface area (Å²) in [5.74, 6) is 0.737. The van der Waals surface area contributed by atoms with Crippen LogP contribution in [0.25, 0.3) is 11.2 Å². The van der Waals surface area contributed by atoms with Crippen molar-refractivity contribution in [3.8, 4) is 5.75 Å². The van der Waals surface area contributed by atoms with Crippen LogP contribution in [-0.2, 0) is 6.54 Å². The van der Waals surface area contributed by atoms with Crippen LogP contribution in [0.1, 0.15) is 22.9 Å². The van der Waals surface area contributed by atoms with E-state index in [0.29, 0.717) is 23.4 Å². The molecule has 0 aliphatic heterocycles. The number of nitrogens with zero attached hydrogens (tertiary/aromatic N) is 4. The van der Waals surface area contributed by atoms with E-state index < -0.39 is 6.10 Å². The molecule has 0 aliphatic carbocycles. The molecule has 0 radical (unpaired) electrons. The first-order valence-corrected chi connectivity index (χ1v) is 8.28. The van der Waals surface area contributed by atoms with Gasteiger partial charge in [0.2, 0.25) is 0 Å². The lowest BCUT2D eigenvalue weighted by atomic mass is 10.1. The average molecular weight is 346 g/mol. The van der Waals surface area contributed by atoms with Gasteiger partial charge in [-0.15, -0.1) is 0 Å². The fourth-order valence-electron chi connectivity index (χ4n) is 2.94. The highest BCUT2D eigenvalue weighted by molar-refractivity contribution is 5.74. The Kier molecular flexibility index (Phi) is 4.33. The monoisotopic (exact) mass is 346 g/mol. The molecule has 0 fully saturated rings. The minimum Gasteiger partial charge on any atom is -0.497 e. The molecule has 0 amide bonds. The zero-order chi connectivity index (χ0) is 17.9. The molecule has 4 rings (SSSR count). The molecule has 0 bridgehead atoms. The van der Waals surface area contributed by atoms with Crippen molar-refractivity contribution < 1.29 is 9.84 Å². The summed E-state index contributed by atoms with van der Waals surface area (Å²) in [7, 11) is 1.61. The fraction of sp³-hybridized carbons (Fsp3) is 0.150.